The molecule has 0 fully saturated rings. The van der Waals surface area contributed by atoms with E-state index in [2.05, 4.69) is 4.81 Å². The Morgan fingerprint density at radius 1 is 1.33 bits per heavy atom. The van der Waals surface area contributed by atoms with Gasteiger partial charge in [-0.1, -0.05) is 0 Å². The first-order chi connectivity index (χ1) is 2.27. The summed E-state index contributed by atoms with van der Waals surface area (Å²) in [6, 6.07) is 0. The Labute approximate surface area is 45.6 Å². The largest absolute Gasteiger partial charge is 3.00 e. The summed E-state index contributed by atoms with van der Waals surface area (Å²) in [7, 11) is -2.67. The van der Waals surface area contributed by atoms with Crippen molar-refractivity contribution in [1.29, 1.82) is 0 Å². The maximum Gasteiger partial charge on any atom is 3.00 e. The van der Waals surface area contributed by atoms with Crippen LogP contribution >= 0.6 is 0 Å². The van der Waals surface area contributed by atoms with Crippen molar-refractivity contribution in [3.8, 4) is 0 Å². The maximum atomic E-state index is 8.81. The van der Waals surface area contributed by atoms with E-state index in [1.54, 1.807) is 0 Å². The standard InChI is InChI=1S/Al.BHO4/c;2-1(3)5-4/h;4H/q+3;-2/p-1. The normalized spacial score (nSPS) is 6.50. The average molecular weight is 102 g/mol. The summed E-state index contributed by atoms with van der Waals surface area (Å²) >= 11 is 0. The monoisotopic (exact) mass is 102 g/mol. The molecule has 30 valence electrons. The molecule has 0 aromatic heterocycles. The fraction of sp³-hybridized carbons (Fsp3) is 0. The van der Waals surface area contributed by atoms with Gasteiger partial charge < -0.3 is 20.1 Å². The van der Waals surface area contributed by atoms with Crippen LogP contribution in [-0.2, 0) is 4.81 Å². The molecule has 0 N–H and O–H groups in total. The van der Waals surface area contributed by atoms with Gasteiger partial charge in [0.25, 0.3) is 0 Å². The zero-order valence-electron chi connectivity index (χ0n) is 2.79. The molecule has 0 radical (unpaired) electrons. The quantitative estimate of drug-likeness (QED) is 0.190. The first kappa shape index (κ1) is 9.67. The van der Waals surface area contributed by atoms with Crippen molar-refractivity contribution in [2.24, 2.45) is 0 Å². The average Bonchev–Trinajstić information content (AvgIpc) is 1.38. The molecule has 0 aromatic carbocycles. The minimum atomic E-state index is -2.67. The van der Waals surface area contributed by atoms with Crippen molar-refractivity contribution in [2.45, 2.75) is 0 Å². The van der Waals surface area contributed by atoms with Crippen molar-refractivity contribution in [1.82, 2.24) is 0 Å². The van der Waals surface area contributed by atoms with E-state index in [0.717, 1.165) is 0 Å². The third kappa shape index (κ3) is 8.83. The van der Waals surface area contributed by atoms with Gasteiger partial charge in [0.15, 0.2) is 0 Å². The third-order valence-corrected chi connectivity index (χ3v) is 0.0786. The van der Waals surface area contributed by atoms with Gasteiger partial charge in [0.05, 0.1) is 0 Å². The molecule has 0 amide bonds. The minimum absolute atomic E-state index is 0. The molecular formula is AlBO4. The fourth-order valence-electron chi connectivity index (χ4n) is 0. The van der Waals surface area contributed by atoms with Crippen LogP contribution in [0, 0.1) is 0 Å². The second-order valence-electron chi connectivity index (χ2n) is 0.385. The Morgan fingerprint density at radius 2 is 1.50 bits per heavy atom. The van der Waals surface area contributed by atoms with E-state index in [0.29, 0.717) is 0 Å². The summed E-state index contributed by atoms with van der Waals surface area (Å²) in [5.74, 6) is 0. The fourth-order valence-corrected chi connectivity index (χ4v) is 0. The zero-order valence-corrected chi connectivity index (χ0v) is 3.94. The van der Waals surface area contributed by atoms with Gasteiger partial charge in [-0.15, -0.1) is 0 Å². The van der Waals surface area contributed by atoms with E-state index in [4.69, 9.17) is 15.3 Å². The Kier molecular flexibility index (Phi) is 8.76. The predicted molar refractivity (Wildman–Crippen MR) is 12.6 cm³/mol. The van der Waals surface area contributed by atoms with Crippen LogP contribution in [0.2, 0.25) is 0 Å². The summed E-state index contributed by atoms with van der Waals surface area (Å²) in [4.78, 5) is 2.39. The predicted octanol–water partition coefficient (Wildman–Crippen LogP) is -4.40. The molecule has 6 heavy (non-hydrogen) atoms. The van der Waals surface area contributed by atoms with Gasteiger partial charge >= 0.3 is 17.4 Å². The van der Waals surface area contributed by atoms with Crippen molar-refractivity contribution in [3.63, 3.8) is 0 Å². The molecular weight excluding hydrogens is 102 g/mol. The second kappa shape index (κ2) is 5.44. The molecule has 0 aliphatic rings. The molecule has 0 unspecified atom stereocenters. The molecule has 0 saturated carbocycles. The Hall–Kier alpha value is 0.437. The SMILES string of the molecule is [Al+3].[O-]OB([O-])[O-]. The van der Waals surface area contributed by atoms with Crippen molar-refractivity contribution in [3.05, 3.63) is 0 Å². The summed E-state index contributed by atoms with van der Waals surface area (Å²) in [5.41, 5.74) is 0. The topological polar surface area (TPSA) is 78.4 Å². The van der Waals surface area contributed by atoms with E-state index in [1.165, 1.54) is 0 Å². The Bertz CT molecular complexity index is 21.5. The van der Waals surface area contributed by atoms with Crippen LogP contribution in [-0.4, -0.2) is 24.7 Å². The zero-order chi connectivity index (χ0) is 4.28. The van der Waals surface area contributed by atoms with Gasteiger partial charge in [-0.05, 0) is 0 Å². The molecule has 0 aliphatic carbocycles. The van der Waals surface area contributed by atoms with Gasteiger partial charge in [-0.3, -0.25) is 0 Å². The molecule has 0 spiro atoms. The Balaban J connectivity index is 0. The molecule has 0 rings (SSSR count). The van der Waals surface area contributed by atoms with E-state index >= 15 is 0 Å². The van der Waals surface area contributed by atoms with Crippen molar-refractivity contribution < 1.29 is 20.1 Å². The number of hydrogen-bond acceptors (Lipinski definition) is 4. The first-order valence-electron chi connectivity index (χ1n) is 0.874. The molecule has 0 aromatic rings. The van der Waals surface area contributed by atoms with Gasteiger partial charge in [-0.2, -0.15) is 0 Å². The van der Waals surface area contributed by atoms with Gasteiger partial charge in [0.2, 0.25) is 0 Å². The maximum absolute atomic E-state index is 8.81. The minimum Gasteiger partial charge on any atom is -0.871 e. The first-order valence-corrected chi connectivity index (χ1v) is 0.874. The van der Waals surface area contributed by atoms with E-state index < -0.39 is 7.32 Å². The van der Waals surface area contributed by atoms with Gasteiger partial charge in [-0.25, -0.2) is 0 Å². The van der Waals surface area contributed by atoms with E-state index in [9.17, 15) is 0 Å². The second-order valence-corrected chi connectivity index (χ2v) is 0.385. The van der Waals surface area contributed by atoms with E-state index in [-0.39, 0.29) is 17.4 Å². The van der Waals surface area contributed by atoms with Crippen molar-refractivity contribution in [2.75, 3.05) is 0 Å². The summed E-state index contributed by atoms with van der Waals surface area (Å²) in [6.45, 7) is 0. The number of rotatable bonds is 1. The summed E-state index contributed by atoms with van der Waals surface area (Å²) in [6.07, 6.45) is 0. The summed E-state index contributed by atoms with van der Waals surface area (Å²) < 4.78 is 0. The molecule has 4 nitrogen and oxygen atoms in total. The summed E-state index contributed by atoms with van der Waals surface area (Å²) in [5, 5.41) is 26.1. The van der Waals surface area contributed by atoms with Crippen LogP contribution in [0.25, 0.3) is 0 Å². The van der Waals surface area contributed by atoms with Crippen molar-refractivity contribution >= 4 is 24.7 Å². The van der Waals surface area contributed by atoms with Crippen LogP contribution in [0.5, 0.6) is 0 Å². The smallest absolute Gasteiger partial charge is 0.871 e. The Morgan fingerprint density at radius 3 is 1.50 bits per heavy atom. The van der Waals surface area contributed by atoms with Crippen LogP contribution in [0.3, 0.4) is 0 Å². The molecule has 0 bridgehead atoms. The molecule has 0 saturated heterocycles. The molecule has 0 aliphatic heterocycles. The molecule has 0 atom stereocenters. The van der Waals surface area contributed by atoms with E-state index in [1.807, 2.05) is 0 Å². The molecule has 0 heterocycles. The van der Waals surface area contributed by atoms with Gasteiger partial charge in [0, 0.05) is 7.32 Å². The number of hydrogen-bond donors (Lipinski definition) is 0. The van der Waals surface area contributed by atoms with Crippen LogP contribution in [0.15, 0.2) is 0 Å². The molecule has 6 heteroatoms. The van der Waals surface area contributed by atoms with Crippen LogP contribution in [0.4, 0.5) is 0 Å². The third-order valence-electron chi connectivity index (χ3n) is 0.0786. The van der Waals surface area contributed by atoms with Crippen LogP contribution < -0.4 is 15.3 Å². The van der Waals surface area contributed by atoms with Crippen LogP contribution in [0.1, 0.15) is 0 Å². The van der Waals surface area contributed by atoms with Gasteiger partial charge in [0.1, 0.15) is 0 Å².